The van der Waals surface area contributed by atoms with Crippen LogP contribution in [-0.2, 0) is 6.42 Å². The first kappa shape index (κ1) is 15.7. The zero-order valence-electron chi connectivity index (χ0n) is 11.1. The van der Waals surface area contributed by atoms with Gasteiger partial charge in [0.05, 0.1) is 11.6 Å². The van der Waals surface area contributed by atoms with Crippen LogP contribution >= 0.6 is 23.4 Å². The summed E-state index contributed by atoms with van der Waals surface area (Å²) < 4.78 is 5.64. The molecule has 4 heteroatoms. The van der Waals surface area contributed by atoms with Crippen LogP contribution in [0.25, 0.3) is 0 Å². The van der Waals surface area contributed by atoms with Crippen molar-refractivity contribution in [2.24, 2.45) is 5.73 Å². The molecule has 0 aliphatic carbocycles. The molecule has 1 unspecified atom stereocenters. The third kappa shape index (κ3) is 5.51. The van der Waals surface area contributed by atoms with Crippen LogP contribution in [0.2, 0.25) is 5.02 Å². The van der Waals surface area contributed by atoms with Crippen LogP contribution in [0.3, 0.4) is 0 Å². The van der Waals surface area contributed by atoms with Crippen molar-refractivity contribution in [2.45, 2.75) is 32.7 Å². The molecule has 0 aromatic heterocycles. The molecule has 0 amide bonds. The van der Waals surface area contributed by atoms with Crippen LogP contribution in [0.1, 0.15) is 25.8 Å². The summed E-state index contributed by atoms with van der Waals surface area (Å²) >= 11 is 8.06. The van der Waals surface area contributed by atoms with Crippen molar-refractivity contribution in [2.75, 3.05) is 18.1 Å². The van der Waals surface area contributed by atoms with Crippen LogP contribution in [0, 0.1) is 0 Å². The van der Waals surface area contributed by atoms with Gasteiger partial charge >= 0.3 is 0 Å². The Bertz CT molecular complexity index is 360. The molecule has 2 N–H and O–H groups in total. The standard InChI is InChI=1S/C14H22ClNOS/c1-3-12(16)9-11-5-6-14(13(15)10-11)17-7-8-18-4-2/h5-6,10,12H,3-4,7-9,16H2,1-2H3. The van der Waals surface area contributed by atoms with E-state index in [9.17, 15) is 0 Å². The lowest BCUT2D eigenvalue weighted by atomic mass is 10.0. The van der Waals surface area contributed by atoms with E-state index >= 15 is 0 Å². The average Bonchev–Trinajstić information content (AvgIpc) is 2.36. The van der Waals surface area contributed by atoms with Crippen molar-refractivity contribution in [3.63, 3.8) is 0 Å². The minimum Gasteiger partial charge on any atom is -0.491 e. The van der Waals surface area contributed by atoms with Crippen LogP contribution in [-0.4, -0.2) is 24.2 Å². The summed E-state index contributed by atoms with van der Waals surface area (Å²) in [5, 5.41) is 0.678. The molecule has 0 spiro atoms. The molecule has 0 fully saturated rings. The number of halogens is 1. The summed E-state index contributed by atoms with van der Waals surface area (Å²) in [7, 11) is 0. The normalized spacial score (nSPS) is 12.4. The minimum absolute atomic E-state index is 0.203. The van der Waals surface area contributed by atoms with Crippen molar-refractivity contribution in [3.05, 3.63) is 28.8 Å². The molecular formula is C14H22ClNOS. The van der Waals surface area contributed by atoms with Crippen LogP contribution < -0.4 is 10.5 Å². The molecule has 0 radical (unpaired) electrons. The van der Waals surface area contributed by atoms with Gasteiger partial charge in [-0.1, -0.05) is 31.5 Å². The van der Waals surface area contributed by atoms with E-state index in [0.29, 0.717) is 11.6 Å². The molecular weight excluding hydrogens is 266 g/mol. The predicted molar refractivity (Wildman–Crippen MR) is 81.9 cm³/mol. The van der Waals surface area contributed by atoms with Crippen molar-refractivity contribution in [3.8, 4) is 5.75 Å². The van der Waals surface area contributed by atoms with Crippen LogP contribution in [0.4, 0.5) is 0 Å². The van der Waals surface area contributed by atoms with Gasteiger partial charge in [0.25, 0.3) is 0 Å². The van der Waals surface area contributed by atoms with Crippen molar-refractivity contribution in [1.82, 2.24) is 0 Å². The highest BCUT2D eigenvalue weighted by Gasteiger charge is 2.06. The monoisotopic (exact) mass is 287 g/mol. The maximum Gasteiger partial charge on any atom is 0.137 e. The van der Waals surface area contributed by atoms with Crippen molar-refractivity contribution >= 4 is 23.4 Å². The quantitative estimate of drug-likeness (QED) is 0.740. The molecule has 0 bridgehead atoms. The van der Waals surface area contributed by atoms with Crippen molar-refractivity contribution in [1.29, 1.82) is 0 Å². The second kappa shape index (κ2) is 8.68. The predicted octanol–water partition coefficient (Wildman–Crippen LogP) is 3.75. The van der Waals surface area contributed by atoms with Gasteiger partial charge in [-0.05, 0) is 36.3 Å². The molecule has 18 heavy (non-hydrogen) atoms. The van der Waals surface area contributed by atoms with Gasteiger partial charge in [-0.15, -0.1) is 0 Å². The third-order valence-electron chi connectivity index (χ3n) is 2.71. The second-order valence-electron chi connectivity index (χ2n) is 4.18. The summed E-state index contributed by atoms with van der Waals surface area (Å²) in [6.45, 7) is 4.94. The molecule has 0 aliphatic rings. The van der Waals surface area contributed by atoms with E-state index in [1.807, 2.05) is 30.0 Å². The first-order valence-electron chi connectivity index (χ1n) is 6.41. The van der Waals surface area contributed by atoms with Gasteiger partial charge in [-0.25, -0.2) is 0 Å². The van der Waals surface area contributed by atoms with Crippen LogP contribution in [0.5, 0.6) is 5.75 Å². The molecule has 0 saturated carbocycles. The van der Waals surface area contributed by atoms with Crippen LogP contribution in [0.15, 0.2) is 18.2 Å². The maximum absolute atomic E-state index is 6.20. The molecule has 1 aromatic rings. The summed E-state index contributed by atoms with van der Waals surface area (Å²) in [4.78, 5) is 0. The number of nitrogens with two attached hydrogens (primary N) is 1. The molecule has 1 atom stereocenters. The first-order valence-corrected chi connectivity index (χ1v) is 7.95. The Balaban J connectivity index is 2.51. The third-order valence-corrected chi connectivity index (χ3v) is 3.87. The molecule has 0 aliphatic heterocycles. The molecule has 0 saturated heterocycles. The van der Waals surface area contributed by atoms with E-state index in [0.717, 1.165) is 30.1 Å². The number of ether oxygens (including phenoxy) is 1. The Morgan fingerprint density at radius 3 is 2.78 bits per heavy atom. The molecule has 0 heterocycles. The Kier molecular flexibility index (Phi) is 7.56. The zero-order chi connectivity index (χ0) is 13.4. The number of hydrogen-bond acceptors (Lipinski definition) is 3. The largest absolute Gasteiger partial charge is 0.491 e. The molecule has 1 rings (SSSR count). The van der Waals surface area contributed by atoms with Gasteiger partial charge in [0.2, 0.25) is 0 Å². The second-order valence-corrected chi connectivity index (χ2v) is 5.98. The van der Waals surface area contributed by atoms with E-state index in [1.54, 1.807) is 0 Å². The lowest BCUT2D eigenvalue weighted by Gasteiger charge is -2.11. The van der Waals surface area contributed by atoms with Crippen molar-refractivity contribution < 1.29 is 4.74 Å². The summed E-state index contributed by atoms with van der Waals surface area (Å²) in [6.07, 6.45) is 1.84. The van der Waals surface area contributed by atoms with E-state index < -0.39 is 0 Å². The lowest BCUT2D eigenvalue weighted by molar-refractivity contribution is 0.344. The first-order chi connectivity index (χ1) is 8.67. The van der Waals surface area contributed by atoms with E-state index in [-0.39, 0.29) is 6.04 Å². The van der Waals surface area contributed by atoms with Gasteiger partial charge < -0.3 is 10.5 Å². The number of benzene rings is 1. The Morgan fingerprint density at radius 1 is 1.39 bits per heavy atom. The fraction of sp³-hybridized carbons (Fsp3) is 0.571. The number of hydrogen-bond donors (Lipinski definition) is 1. The Labute approximate surface area is 119 Å². The maximum atomic E-state index is 6.20. The summed E-state index contributed by atoms with van der Waals surface area (Å²) in [5.41, 5.74) is 7.10. The van der Waals surface area contributed by atoms with Gasteiger partial charge in [-0.3, -0.25) is 0 Å². The smallest absolute Gasteiger partial charge is 0.137 e. The number of thioether (sulfide) groups is 1. The fourth-order valence-corrected chi connectivity index (χ4v) is 2.34. The zero-order valence-corrected chi connectivity index (χ0v) is 12.7. The Hall–Kier alpha value is -0.380. The summed E-state index contributed by atoms with van der Waals surface area (Å²) in [5.74, 6) is 2.88. The van der Waals surface area contributed by atoms with Gasteiger partial charge in [0.1, 0.15) is 5.75 Å². The number of rotatable bonds is 8. The highest BCUT2D eigenvalue weighted by molar-refractivity contribution is 7.99. The molecule has 102 valence electrons. The summed E-state index contributed by atoms with van der Waals surface area (Å²) in [6, 6.07) is 6.15. The Morgan fingerprint density at radius 2 is 2.17 bits per heavy atom. The van der Waals surface area contributed by atoms with Gasteiger partial charge in [0.15, 0.2) is 0 Å². The van der Waals surface area contributed by atoms with Gasteiger partial charge in [0, 0.05) is 11.8 Å². The fourth-order valence-electron chi connectivity index (χ4n) is 1.59. The molecule has 2 nitrogen and oxygen atoms in total. The average molecular weight is 288 g/mol. The SMILES string of the molecule is CCSCCOc1ccc(CC(N)CC)cc1Cl. The van der Waals surface area contributed by atoms with Gasteiger partial charge in [-0.2, -0.15) is 11.8 Å². The highest BCUT2D eigenvalue weighted by atomic mass is 35.5. The highest BCUT2D eigenvalue weighted by Crippen LogP contribution is 2.26. The molecule has 1 aromatic carbocycles. The minimum atomic E-state index is 0.203. The van der Waals surface area contributed by atoms with E-state index in [4.69, 9.17) is 22.1 Å². The lowest BCUT2D eigenvalue weighted by Crippen LogP contribution is -2.21. The van der Waals surface area contributed by atoms with E-state index in [1.165, 1.54) is 5.56 Å². The van der Waals surface area contributed by atoms with E-state index in [2.05, 4.69) is 13.8 Å². The topological polar surface area (TPSA) is 35.2 Å².